The van der Waals surface area contributed by atoms with E-state index in [1.165, 1.54) is 0 Å². The summed E-state index contributed by atoms with van der Waals surface area (Å²) in [4.78, 5) is 0. The second-order valence-electron chi connectivity index (χ2n) is 5.95. The molecule has 0 heterocycles. The van der Waals surface area contributed by atoms with Crippen LogP contribution in [-0.4, -0.2) is 47.9 Å². The van der Waals surface area contributed by atoms with Crippen LogP contribution in [0.15, 0.2) is 0 Å². The average molecular weight is 462 g/mol. The third kappa shape index (κ3) is 1.46. The normalized spacial score (nSPS) is 37.9. The van der Waals surface area contributed by atoms with Gasteiger partial charge >= 0.3 is 42.2 Å². The second kappa shape index (κ2) is 4.57. The van der Waals surface area contributed by atoms with Crippen LogP contribution in [0.3, 0.4) is 0 Å². The molecule has 2 bridgehead atoms. The van der Waals surface area contributed by atoms with Crippen LogP contribution in [0.4, 0.5) is 79.0 Å². The third-order valence-corrected chi connectivity index (χ3v) is 4.95. The molecule has 0 saturated heterocycles. The van der Waals surface area contributed by atoms with Gasteiger partial charge in [0.2, 0.25) is 10.8 Å². The van der Waals surface area contributed by atoms with Crippen molar-refractivity contribution < 1.29 is 79.0 Å². The molecule has 2 saturated carbocycles. The van der Waals surface area contributed by atoms with Crippen LogP contribution >= 0.6 is 0 Å². The van der Waals surface area contributed by atoms with E-state index in [4.69, 9.17) is 0 Å². The summed E-state index contributed by atoms with van der Waals surface area (Å²) in [5.41, 5.74) is -25.7. The molecule has 2 fully saturated rings. The number of hydrogen-bond donors (Lipinski definition) is 0. The number of rotatable bonds is 0. The molecule has 2 aliphatic carbocycles. The van der Waals surface area contributed by atoms with Crippen molar-refractivity contribution in [2.45, 2.75) is 47.9 Å². The van der Waals surface area contributed by atoms with Gasteiger partial charge in [0.25, 0.3) is 5.67 Å². The van der Waals surface area contributed by atoms with Gasteiger partial charge in [0.1, 0.15) is 0 Å². The summed E-state index contributed by atoms with van der Waals surface area (Å²) in [5.74, 6) is -33.0. The zero-order chi connectivity index (χ0) is 23.0. The first-order valence-electron chi connectivity index (χ1n) is 6.15. The zero-order valence-corrected chi connectivity index (χ0v) is 11.8. The quantitative estimate of drug-likeness (QED) is 0.392. The summed E-state index contributed by atoms with van der Waals surface area (Å²) < 4.78 is 241. The monoisotopic (exact) mass is 462 g/mol. The maximum Gasteiger partial charge on any atom is 0.408 e. The van der Waals surface area contributed by atoms with Crippen molar-refractivity contribution in [2.24, 2.45) is 10.8 Å². The minimum absolute atomic E-state index is 8.19. The summed E-state index contributed by atoms with van der Waals surface area (Å²) >= 11 is 0. The minimum atomic E-state index is -8.64. The molecular weight excluding hydrogens is 462 g/mol. The molecule has 0 aliphatic heterocycles. The Morgan fingerprint density at radius 2 is 0.607 bits per heavy atom. The highest BCUT2D eigenvalue weighted by Gasteiger charge is 3.24. The van der Waals surface area contributed by atoms with Crippen LogP contribution in [-0.2, 0) is 0 Å². The van der Waals surface area contributed by atoms with Gasteiger partial charge in [-0.1, -0.05) is 0 Å². The van der Waals surface area contributed by atoms with Gasteiger partial charge in [-0.25, -0.2) is 4.39 Å². The van der Waals surface area contributed by atoms with E-state index < -0.39 is 58.7 Å². The summed E-state index contributed by atoms with van der Waals surface area (Å²) in [7, 11) is 0. The van der Waals surface area contributed by atoms with Crippen molar-refractivity contribution in [3.63, 3.8) is 0 Å². The summed E-state index contributed by atoms with van der Waals surface area (Å²) in [6, 6.07) is 0. The van der Waals surface area contributed by atoms with Crippen molar-refractivity contribution in [2.75, 3.05) is 0 Å². The lowest BCUT2D eigenvalue weighted by Crippen LogP contribution is -2.75. The van der Waals surface area contributed by atoms with E-state index in [-0.39, 0.29) is 0 Å². The fourth-order valence-corrected chi connectivity index (χ4v) is 4.04. The average Bonchev–Trinajstić information content (AvgIpc) is 2.55. The van der Waals surface area contributed by atoms with Gasteiger partial charge in [0.05, 0.1) is 0 Å². The maximum absolute atomic E-state index is 14.3. The molecule has 0 amide bonds. The van der Waals surface area contributed by atoms with Crippen LogP contribution in [0.1, 0.15) is 0 Å². The fourth-order valence-electron chi connectivity index (χ4n) is 4.04. The molecule has 2 aliphatic rings. The van der Waals surface area contributed by atoms with Gasteiger partial charge in [0.15, 0.2) is 0 Å². The molecular formula is C10F18. The molecule has 18 heteroatoms. The van der Waals surface area contributed by atoms with Crippen LogP contribution in [0.2, 0.25) is 0 Å². The molecule has 0 spiro atoms. The SMILES string of the molecule is FC(F)(F)C12C(F)(F)C(F)(F)C(F)(C(F)(F)C1(F)F)C2(C(F)(F)F)C(F)(F)F. The largest absolute Gasteiger partial charge is 0.408 e. The van der Waals surface area contributed by atoms with Crippen molar-refractivity contribution in [1.29, 1.82) is 0 Å². The maximum atomic E-state index is 14.3. The summed E-state index contributed by atoms with van der Waals surface area (Å²) in [6.07, 6.45) is -25.4. The Bertz CT molecular complexity index is 623. The van der Waals surface area contributed by atoms with Crippen LogP contribution in [0, 0.1) is 10.8 Å². The molecule has 0 aromatic rings. The van der Waals surface area contributed by atoms with Gasteiger partial charge in [-0.3, -0.25) is 0 Å². The van der Waals surface area contributed by atoms with E-state index in [1.54, 1.807) is 0 Å². The van der Waals surface area contributed by atoms with E-state index in [1.807, 2.05) is 0 Å². The molecule has 2 rings (SSSR count). The fraction of sp³-hybridized carbons (Fsp3) is 1.00. The highest BCUT2D eigenvalue weighted by molar-refractivity contribution is 5.48. The molecule has 0 radical (unpaired) electrons. The van der Waals surface area contributed by atoms with Gasteiger partial charge in [-0.2, -0.15) is 74.6 Å². The highest BCUT2D eigenvalue weighted by atomic mass is 19.4. The molecule has 0 N–H and O–H groups in total. The first-order valence-corrected chi connectivity index (χ1v) is 6.15. The molecule has 166 valence electrons. The Morgan fingerprint density at radius 3 is 0.750 bits per heavy atom. The predicted molar refractivity (Wildman–Crippen MR) is 46.7 cm³/mol. The highest BCUT2D eigenvalue weighted by Crippen LogP contribution is 2.94. The van der Waals surface area contributed by atoms with Crippen LogP contribution in [0.5, 0.6) is 0 Å². The second-order valence-corrected chi connectivity index (χ2v) is 5.95. The van der Waals surface area contributed by atoms with E-state index in [2.05, 4.69) is 0 Å². The third-order valence-electron chi connectivity index (χ3n) is 4.95. The van der Waals surface area contributed by atoms with Crippen LogP contribution < -0.4 is 0 Å². The Balaban J connectivity index is 3.46. The van der Waals surface area contributed by atoms with Gasteiger partial charge in [-0.15, -0.1) is 0 Å². The van der Waals surface area contributed by atoms with E-state index in [0.717, 1.165) is 0 Å². The smallest absolute Gasteiger partial charge is 0.228 e. The lowest BCUT2D eigenvalue weighted by Gasteiger charge is -2.48. The summed E-state index contributed by atoms with van der Waals surface area (Å²) in [5, 5.41) is 0. The van der Waals surface area contributed by atoms with Gasteiger partial charge < -0.3 is 0 Å². The standard InChI is InChI=1S/C10F18/c11-3-1(8(20,21)22,9(23,24)25)2(10(26,27)28,4(12,13)6(3,16)17)5(14,15)7(3,18)19. The van der Waals surface area contributed by atoms with Crippen molar-refractivity contribution in [3.05, 3.63) is 0 Å². The number of halogens is 18. The van der Waals surface area contributed by atoms with Crippen molar-refractivity contribution in [1.82, 2.24) is 0 Å². The number of alkyl halides is 18. The van der Waals surface area contributed by atoms with Crippen molar-refractivity contribution >= 4 is 0 Å². The van der Waals surface area contributed by atoms with Gasteiger partial charge in [0, 0.05) is 0 Å². The molecule has 0 nitrogen and oxygen atoms in total. The molecule has 0 atom stereocenters. The number of fused-ring (bicyclic) bond motifs is 2. The lowest BCUT2D eigenvalue weighted by atomic mass is 9.61. The summed E-state index contributed by atoms with van der Waals surface area (Å²) in [6.45, 7) is 0. The zero-order valence-electron chi connectivity index (χ0n) is 11.8. The molecule has 28 heavy (non-hydrogen) atoms. The number of hydrogen-bond acceptors (Lipinski definition) is 0. The lowest BCUT2D eigenvalue weighted by molar-refractivity contribution is -0.470. The van der Waals surface area contributed by atoms with Gasteiger partial charge in [-0.05, 0) is 0 Å². The van der Waals surface area contributed by atoms with E-state index >= 15 is 0 Å². The Kier molecular flexibility index (Phi) is 3.75. The predicted octanol–water partition coefficient (Wildman–Crippen LogP) is 5.92. The molecule has 0 unspecified atom stereocenters. The first-order chi connectivity index (χ1) is 11.8. The van der Waals surface area contributed by atoms with Crippen molar-refractivity contribution in [3.8, 4) is 0 Å². The van der Waals surface area contributed by atoms with E-state index in [0.29, 0.717) is 0 Å². The Morgan fingerprint density at radius 1 is 0.357 bits per heavy atom. The first kappa shape index (κ1) is 23.0. The Labute approximate surface area is 139 Å². The minimum Gasteiger partial charge on any atom is -0.228 e. The van der Waals surface area contributed by atoms with E-state index in [9.17, 15) is 79.0 Å². The molecule has 0 aromatic heterocycles. The van der Waals surface area contributed by atoms with Crippen LogP contribution in [0.25, 0.3) is 0 Å². The molecule has 0 aromatic carbocycles. The Hall–Kier alpha value is -1.26. The topological polar surface area (TPSA) is 0 Å².